The average Bonchev–Trinajstić information content (AvgIpc) is 2.54. The molecular weight excluding hydrogens is 312 g/mol. The van der Waals surface area contributed by atoms with E-state index < -0.39 is 12.0 Å². The standard InChI is InChI=1S/C18H15ClN2O2/c19-16-6-5-14-8-17(18(22)23)21(11-15(14)7-16)10-13-3-1-12(9-20)2-4-13/h1-7,17H,8,10-11H2,(H,22,23)/t17-/m1/s1. The zero-order chi connectivity index (χ0) is 16.4. The number of hydrogen-bond donors (Lipinski definition) is 1. The summed E-state index contributed by atoms with van der Waals surface area (Å²) in [6.45, 7) is 1.07. The Balaban J connectivity index is 1.86. The number of halogens is 1. The molecule has 116 valence electrons. The lowest BCUT2D eigenvalue weighted by Crippen LogP contribution is -2.45. The number of nitriles is 1. The first-order valence-electron chi connectivity index (χ1n) is 7.30. The number of fused-ring (bicyclic) bond motifs is 1. The highest BCUT2D eigenvalue weighted by Gasteiger charge is 2.31. The number of rotatable bonds is 3. The van der Waals surface area contributed by atoms with Crippen LogP contribution in [-0.4, -0.2) is 22.0 Å². The van der Waals surface area contributed by atoms with Crippen molar-refractivity contribution in [1.29, 1.82) is 5.26 Å². The van der Waals surface area contributed by atoms with Crippen LogP contribution < -0.4 is 0 Å². The summed E-state index contributed by atoms with van der Waals surface area (Å²) in [5, 5.41) is 19.1. The number of aliphatic carboxylic acids is 1. The number of carboxylic acids is 1. The number of nitrogens with zero attached hydrogens (tertiary/aromatic N) is 2. The first-order valence-corrected chi connectivity index (χ1v) is 7.68. The van der Waals surface area contributed by atoms with Gasteiger partial charge >= 0.3 is 5.97 Å². The molecular formula is C18H15ClN2O2. The Labute approximate surface area is 139 Å². The van der Waals surface area contributed by atoms with Crippen molar-refractivity contribution in [3.63, 3.8) is 0 Å². The van der Waals surface area contributed by atoms with Gasteiger partial charge in [-0.3, -0.25) is 9.69 Å². The Morgan fingerprint density at radius 1 is 1.26 bits per heavy atom. The molecule has 0 unspecified atom stereocenters. The van der Waals surface area contributed by atoms with Gasteiger partial charge in [0.15, 0.2) is 0 Å². The SMILES string of the molecule is N#Cc1ccc(CN2Cc3cc(Cl)ccc3C[C@@H]2C(=O)O)cc1. The second kappa shape index (κ2) is 6.41. The number of carboxylic acid groups (broad SMARTS) is 1. The van der Waals surface area contributed by atoms with Gasteiger partial charge < -0.3 is 5.11 Å². The Morgan fingerprint density at radius 3 is 2.65 bits per heavy atom. The minimum atomic E-state index is -0.820. The van der Waals surface area contributed by atoms with Crippen LogP contribution >= 0.6 is 11.6 Å². The molecule has 23 heavy (non-hydrogen) atoms. The van der Waals surface area contributed by atoms with Crippen molar-refractivity contribution in [2.45, 2.75) is 25.6 Å². The number of benzene rings is 2. The minimum Gasteiger partial charge on any atom is -0.480 e. The monoisotopic (exact) mass is 326 g/mol. The van der Waals surface area contributed by atoms with Gasteiger partial charge in [-0.15, -0.1) is 0 Å². The summed E-state index contributed by atoms with van der Waals surface area (Å²) >= 11 is 6.05. The molecule has 0 radical (unpaired) electrons. The van der Waals surface area contributed by atoms with Crippen LogP contribution in [0.5, 0.6) is 0 Å². The summed E-state index contributed by atoms with van der Waals surface area (Å²) in [4.78, 5) is 13.6. The molecule has 3 rings (SSSR count). The summed E-state index contributed by atoms with van der Waals surface area (Å²) in [5.41, 5.74) is 3.70. The first kappa shape index (κ1) is 15.5. The van der Waals surface area contributed by atoms with Crippen molar-refractivity contribution < 1.29 is 9.90 Å². The van der Waals surface area contributed by atoms with E-state index in [4.69, 9.17) is 16.9 Å². The molecule has 1 heterocycles. The molecule has 0 saturated heterocycles. The summed E-state index contributed by atoms with van der Waals surface area (Å²) in [6, 6.07) is 14.4. The normalized spacial score (nSPS) is 17.3. The van der Waals surface area contributed by atoms with E-state index in [-0.39, 0.29) is 0 Å². The van der Waals surface area contributed by atoms with Crippen LogP contribution in [0.25, 0.3) is 0 Å². The molecule has 0 saturated carbocycles. The molecule has 2 aromatic carbocycles. The molecule has 0 fully saturated rings. The molecule has 4 nitrogen and oxygen atoms in total. The van der Waals surface area contributed by atoms with Crippen molar-refractivity contribution >= 4 is 17.6 Å². The molecule has 0 aliphatic carbocycles. The van der Waals surface area contributed by atoms with E-state index in [1.165, 1.54) is 0 Å². The minimum absolute atomic E-state index is 0.470. The Hall–Kier alpha value is -2.35. The highest BCUT2D eigenvalue weighted by molar-refractivity contribution is 6.30. The highest BCUT2D eigenvalue weighted by Crippen LogP contribution is 2.27. The quantitative estimate of drug-likeness (QED) is 0.940. The number of hydrogen-bond acceptors (Lipinski definition) is 3. The molecule has 0 bridgehead atoms. The highest BCUT2D eigenvalue weighted by atomic mass is 35.5. The van der Waals surface area contributed by atoms with E-state index in [0.29, 0.717) is 30.1 Å². The second-order valence-corrected chi connectivity index (χ2v) is 6.12. The van der Waals surface area contributed by atoms with Gasteiger partial charge in [0, 0.05) is 18.1 Å². The Morgan fingerprint density at radius 2 is 2.00 bits per heavy atom. The molecule has 2 aromatic rings. The van der Waals surface area contributed by atoms with Crippen LogP contribution in [0.15, 0.2) is 42.5 Å². The van der Waals surface area contributed by atoms with Crippen LogP contribution in [-0.2, 0) is 24.3 Å². The van der Waals surface area contributed by atoms with E-state index in [2.05, 4.69) is 6.07 Å². The predicted molar refractivity (Wildman–Crippen MR) is 87.0 cm³/mol. The van der Waals surface area contributed by atoms with Crippen molar-refractivity contribution in [2.24, 2.45) is 0 Å². The lowest BCUT2D eigenvalue weighted by molar-refractivity contribution is -0.144. The molecule has 5 heteroatoms. The summed E-state index contributed by atoms with van der Waals surface area (Å²) in [7, 11) is 0. The van der Waals surface area contributed by atoms with Gasteiger partial charge in [0.1, 0.15) is 6.04 Å². The topological polar surface area (TPSA) is 64.3 Å². The van der Waals surface area contributed by atoms with E-state index in [1.54, 1.807) is 18.2 Å². The molecule has 1 aliphatic heterocycles. The van der Waals surface area contributed by atoms with Gasteiger partial charge in [-0.05, 0) is 47.4 Å². The number of carbonyl (C=O) groups is 1. The first-order chi connectivity index (χ1) is 11.1. The third-order valence-corrected chi connectivity index (χ3v) is 4.38. The van der Waals surface area contributed by atoms with E-state index >= 15 is 0 Å². The van der Waals surface area contributed by atoms with Gasteiger partial charge in [0.2, 0.25) is 0 Å². The summed E-state index contributed by atoms with van der Waals surface area (Å²) in [5.74, 6) is -0.820. The van der Waals surface area contributed by atoms with Crippen molar-refractivity contribution in [3.8, 4) is 6.07 Å². The zero-order valence-electron chi connectivity index (χ0n) is 12.4. The maximum Gasteiger partial charge on any atom is 0.321 e. The smallest absolute Gasteiger partial charge is 0.321 e. The van der Waals surface area contributed by atoms with Crippen LogP contribution in [0.1, 0.15) is 22.3 Å². The second-order valence-electron chi connectivity index (χ2n) is 5.68. The molecule has 0 amide bonds. The molecule has 1 N–H and O–H groups in total. The average molecular weight is 327 g/mol. The molecule has 0 spiro atoms. The zero-order valence-corrected chi connectivity index (χ0v) is 13.1. The summed E-state index contributed by atoms with van der Waals surface area (Å²) in [6.07, 6.45) is 0.470. The molecule has 1 atom stereocenters. The fourth-order valence-corrected chi connectivity index (χ4v) is 3.13. The largest absolute Gasteiger partial charge is 0.480 e. The lowest BCUT2D eigenvalue weighted by Gasteiger charge is -2.34. The summed E-state index contributed by atoms with van der Waals surface area (Å²) < 4.78 is 0. The Kier molecular flexibility index (Phi) is 4.33. The van der Waals surface area contributed by atoms with Crippen LogP contribution in [0.3, 0.4) is 0 Å². The fraction of sp³-hybridized carbons (Fsp3) is 0.222. The van der Waals surface area contributed by atoms with E-state index in [0.717, 1.165) is 16.7 Å². The predicted octanol–water partition coefficient (Wildman–Crippen LogP) is 3.22. The maximum atomic E-state index is 11.6. The van der Waals surface area contributed by atoms with Crippen LogP contribution in [0.4, 0.5) is 0 Å². The van der Waals surface area contributed by atoms with E-state index in [9.17, 15) is 9.90 Å². The Bertz CT molecular complexity index is 781. The van der Waals surface area contributed by atoms with Gasteiger partial charge in [-0.2, -0.15) is 5.26 Å². The van der Waals surface area contributed by atoms with Gasteiger partial charge in [0.25, 0.3) is 0 Å². The fourth-order valence-electron chi connectivity index (χ4n) is 2.94. The molecule has 1 aliphatic rings. The maximum absolute atomic E-state index is 11.6. The lowest BCUT2D eigenvalue weighted by atomic mass is 9.93. The van der Waals surface area contributed by atoms with Gasteiger partial charge in [-0.1, -0.05) is 29.8 Å². The van der Waals surface area contributed by atoms with Crippen molar-refractivity contribution in [2.75, 3.05) is 0 Å². The van der Waals surface area contributed by atoms with Crippen molar-refractivity contribution in [1.82, 2.24) is 4.90 Å². The van der Waals surface area contributed by atoms with Crippen molar-refractivity contribution in [3.05, 3.63) is 69.7 Å². The third kappa shape index (κ3) is 3.37. The third-order valence-electron chi connectivity index (χ3n) is 4.15. The van der Waals surface area contributed by atoms with Gasteiger partial charge in [-0.25, -0.2) is 0 Å². The van der Waals surface area contributed by atoms with Crippen LogP contribution in [0.2, 0.25) is 5.02 Å². The van der Waals surface area contributed by atoms with Gasteiger partial charge in [0.05, 0.1) is 11.6 Å². The van der Waals surface area contributed by atoms with Crippen LogP contribution in [0, 0.1) is 11.3 Å². The van der Waals surface area contributed by atoms with E-state index in [1.807, 2.05) is 29.2 Å². The molecule has 0 aromatic heterocycles.